The minimum Gasteiger partial charge on any atom is -0.316 e. The Morgan fingerprint density at radius 2 is 2.00 bits per heavy atom. The van der Waals surface area contributed by atoms with Crippen LogP contribution in [0.2, 0.25) is 0 Å². The molecule has 1 saturated heterocycles. The van der Waals surface area contributed by atoms with Crippen molar-refractivity contribution in [3.05, 3.63) is 0 Å². The van der Waals surface area contributed by atoms with Crippen LogP contribution in [0.5, 0.6) is 0 Å². The number of rotatable bonds is 6. The van der Waals surface area contributed by atoms with Crippen molar-refractivity contribution in [1.82, 2.24) is 10.2 Å². The monoisotopic (exact) mass is 278 g/mol. The summed E-state index contributed by atoms with van der Waals surface area (Å²) in [6.45, 7) is 4.18. The minimum absolute atomic E-state index is 0.193. The number of piperidine rings is 1. The molecule has 2 nitrogen and oxygen atoms in total. The molecule has 0 aromatic carbocycles. The highest BCUT2D eigenvalue weighted by Gasteiger charge is 2.38. The van der Waals surface area contributed by atoms with Gasteiger partial charge in [0.05, 0.1) is 6.54 Å². The quantitative estimate of drug-likeness (QED) is 0.803. The molecule has 1 aliphatic heterocycles. The number of hydrogen-bond donors (Lipinski definition) is 1. The lowest BCUT2D eigenvalue weighted by Crippen LogP contribution is -2.39. The Bertz CT molecular complexity index is 270. The van der Waals surface area contributed by atoms with Crippen molar-refractivity contribution in [2.45, 2.75) is 51.2 Å². The van der Waals surface area contributed by atoms with E-state index in [1.807, 2.05) is 0 Å². The fourth-order valence-electron chi connectivity index (χ4n) is 3.03. The molecule has 0 aromatic rings. The molecule has 1 N–H and O–H groups in total. The van der Waals surface area contributed by atoms with Crippen LogP contribution in [-0.4, -0.2) is 43.3 Å². The lowest BCUT2D eigenvalue weighted by Gasteiger charge is -2.30. The van der Waals surface area contributed by atoms with Crippen LogP contribution in [0.25, 0.3) is 0 Å². The summed E-state index contributed by atoms with van der Waals surface area (Å²) in [4.78, 5) is 1.65. The number of halogens is 3. The summed E-state index contributed by atoms with van der Waals surface area (Å²) in [5.41, 5.74) is 0. The molecule has 2 unspecified atom stereocenters. The van der Waals surface area contributed by atoms with E-state index >= 15 is 0 Å². The van der Waals surface area contributed by atoms with E-state index in [4.69, 9.17) is 0 Å². The molecule has 1 heterocycles. The van der Waals surface area contributed by atoms with E-state index in [1.165, 1.54) is 12.8 Å². The largest absolute Gasteiger partial charge is 0.401 e. The summed E-state index contributed by atoms with van der Waals surface area (Å²) in [7, 11) is 0. The summed E-state index contributed by atoms with van der Waals surface area (Å²) in [6.07, 6.45) is 1.13. The van der Waals surface area contributed by atoms with Gasteiger partial charge < -0.3 is 5.32 Å². The van der Waals surface area contributed by atoms with Gasteiger partial charge in [0, 0.05) is 6.04 Å². The standard InChI is InChI=1S/C14H25F3N2/c1-11(12-3-2-7-18-9-12)6-8-19(13-4-5-13)10-14(15,16)17/h11-13,18H,2-10H2,1H3. The van der Waals surface area contributed by atoms with Crippen molar-refractivity contribution in [3.8, 4) is 0 Å². The van der Waals surface area contributed by atoms with Crippen LogP contribution < -0.4 is 5.32 Å². The number of nitrogens with one attached hydrogen (secondary N) is 1. The Balaban J connectivity index is 1.74. The van der Waals surface area contributed by atoms with Gasteiger partial charge in [0.15, 0.2) is 0 Å². The van der Waals surface area contributed by atoms with Gasteiger partial charge in [0.25, 0.3) is 0 Å². The van der Waals surface area contributed by atoms with Crippen molar-refractivity contribution in [2.75, 3.05) is 26.2 Å². The molecule has 0 spiro atoms. The Morgan fingerprint density at radius 1 is 1.26 bits per heavy atom. The molecular weight excluding hydrogens is 253 g/mol. The first-order valence-corrected chi connectivity index (χ1v) is 7.47. The van der Waals surface area contributed by atoms with Crippen molar-refractivity contribution >= 4 is 0 Å². The number of nitrogens with zero attached hydrogens (tertiary/aromatic N) is 1. The number of hydrogen-bond acceptors (Lipinski definition) is 2. The summed E-state index contributed by atoms with van der Waals surface area (Å²) in [6, 6.07) is 0.193. The molecule has 2 aliphatic rings. The normalized spacial score (nSPS) is 26.7. The van der Waals surface area contributed by atoms with Gasteiger partial charge in [0.2, 0.25) is 0 Å². The van der Waals surface area contributed by atoms with E-state index in [1.54, 1.807) is 4.90 Å². The van der Waals surface area contributed by atoms with Crippen LogP contribution in [-0.2, 0) is 0 Å². The third kappa shape index (κ3) is 5.30. The molecule has 1 aliphatic carbocycles. The third-order valence-corrected chi connectivity index (χ3v) is 4.46. The van der Waals surface area contributed by atoms with Crippen LogP contribution in [0, 0.1) is 11.8 Å². The van der Waals surface area contributed by atoms with Gasteiger partial charge in [-0.25, -0.2) is 0 Å². The first-order valence-electron chi connectivity index (χ1n) is 7.47. The molecule has 2 fully saturated rings. The second kappa shape index (κ2) is 6.44. The average Bonchev–Trinajstić information content (AvgIpc) is 3.18. The maximum atomic E-state index is 12.5. The van der Waals surface area contributed by atoms with Crippen molar-refractivity contribution < 1.29 is 13.2 Å². The average molecular weight is 278 g/mol. The molecular formula is C14H25F3N2. The SMILES string of the molecule is CC(CCN(CC(F)(F)F)C1CC1)C1CCCNC1. The predicted octanol–water partition coefficient (Wildman–Crippen LogP) is 3.04. The van der Waals surface area contributed by atoms with Gasteiger partial charge in [-0.05, 0) is 63.6 Å². The second-order valence-corrected chi connectivity index (χ2v) is 6.19. The van der Waals surface area contributed by atoms with Gasteiger partial charge >= 0.3 is 6.18 Å². The van der Waals surface area contributed by atoms with Gasteiger partial charge in [-0.15, -0.1) is 0 Å². The van der Waals surface area contributed by atoms with Crippen LogP contribution in [0.15, 0.2) is 0 Å². The smallest absolute Gasteiger partial charge is 0.316 e. The minimum atomic E-state index is -4.06. The summed E-state index contributed by atoms with van der Waals surface area (Å²) in [5, 5.41) is 3.38. The highest BCUT2D eigenvalue weighted by atomic mass is 19.4. The maximum absolute atomic E-state index is 12.5. The summed E-state index contributed by atoms with van der Waals surface area (Å²) < 4.78 is 37.6. The molecule has 5 heteroatoms. The first-order chi connectivity index (χ1) is 8.96. The van der Waals surface area contributed by atoms with E-state index in [9.17, 15) is 13.2 Å². The lowest BCUT2D eigenvalue weighted by atomic mass is 9.85. The van der Waals surface area contributed by atoms with Crippen molar-refractivity contribution in [2.24, 2.45) is 11.8 Å². The molecule has 0 amide bonds. The van der Waals surface area contributed by atoms with Gasteiger partial charge in [0.1, 0.15) is 0 Å². The van der Waals surface area contributed by atoms with Crippen LogP contribution in [0.4, 0.5) is 13.2 Å². The van der Waals surface area contributed by atoms with Crippen LogP contribution in [0.3, 0.4) is 0 Å². The molecule has 2 atom stereocenters. The zero-order valence-electron chi connectivity index (χ0n) is 11.7. The molecule has 112 valence electrons. The van der Waals surface area contributed by atoms with Crippen molar-refractivity contribution in [3.63, 3.8) is 0 Å². The lowest BCUT2D eigenvalue weighted by molar-refractivity contribution is -0.147. The van der Waals surface area contributed by atoms with Gasteiger partial charge in [-0.2, -0.15) is 13.2 Å². The molecule has 2 rings (SSSR count). The highest BCUT2D eigenvalue weighted by molar-refractivity contribution is 4.86. The molecule has 0 radical (unpaired) electrons. The van der Waals surface area contributed by atoms with E-state index < -0.39 is 12.7 Å². The molecule has 0 aromatic heterocycles. The maximum Gasteiger partial charge on any atom is 0.401 e. The Morgan fingerprint density at radius 3 is 2.53 bits per heavy atom. The molecule has 1 saturated carbocycles. The summed E-state index contributed by atoms with van der Waals surface area (Å²) in [5.74, 6) is 1.16. The number of alkyl halides is 3. The fraction of sp³-hybridized carbons (Fsp3) is 1.00. The Kier molecular flexibility index (Phi) is 5.12. The van der Waals surface area contributed by atoms with E-state index in [0.29, 0.717) is 18.4 Å². The van der Waals surface area contributed by atoms with E-state index in [2.05, 4.69) is 12.2 Å². The van der Waals surface area contributed by atoms with Gasteiger partial charge in [-0.3, -0.25) is 4.90 Å². The van der Waals surface area contributed by atoms with Crippen LogP contribution >= 0.6 is 0 Å². The first kappa shape index (κ1) is 15.1. The highest BCUT2D eigenvalue weighted by Crippen LogP contribution is 2.31. The molecule has 19 heavy (non-hydrogen) atoms. The van der Waals surface area contributed by atoms with Crippen molar-refractivity contribution in [1.29, 1.82) is 0 Å². The topological polar surface area (TPSA) is 15.3 Å². The predicted molar refractivity (Wildman–Crippen MR) is 70.0 cm³/mol. The zero-order chi connectivity index (χ0) is 13.9. The molecule has 0 bridgehead atoms. The Labute approximate surface area is 113 Å². The summed E-state index contributed by atoms with van der Waals surface area (Å²) >= 11 is 0. The van der Waals surface area contributed by atoms with Crippen LogP contribution in [0.1, 0.15) is 39.0 Å². The Hall–Kier alpha value is -0.290. The second-order valence-electron chi connectivity index (χ2n) is 6.19. The third-order valence-electron chi connectivity index (χ3n) is 4.46. The van der Waals surface area contributed by atoms with E-state index in [-0.39, 0.29) is 6.04 Å². The fourth-order valence-corrected chi connectivity index (χ4v) is 3.03. The van der Waals surface area contributed by atoms with E-state index in [0.717, 1.165) is 32.4 Å². The zero-order valence-corrected chi connectivity index (χ0v) is 11.7. The van der Waals surface area contributed by atoms with Gasteiger partial charge in [-0.1, -0.05) is 6.92 Å².